The second-order valence-corrected chi connectivity index (χ2v) is 10.9. The molecule has 0 amide bonds. The third-order valence-corrected chi connectivity index (χ3v) is 7.51. The SMILES string of the molecule is CCCCCCCCCCCCCCCC(=O)SCCCCCCCCCCCCC. The average Bonchev–Trinajstić information content (AvgIpc) is 2.77. The molecule has 0 aromatic heterocycles. The summed E-state index contributed by atoms with van der Waals surface area (Å²) in [6, 6.07) is 0. The molecule has 0 N–H and O–H groups in total. The van der Waals surface area contributed by atoms with Crippen molar-refractivity contribution in [3.63, 3.8) is 0 Å². The van der Waals surface area contributed by atoms with Crippen LogP contribution in [0.25, 0.3) is 0 Å². The van der Waals surface area contributed by atoms with Gasteiger partial charge in [0, 0.05) is 12.2 Å². The van der Waals surface area contributed by atoms with Crippen molar-refractivity contribution >= 4 is 16.9 Å². The molecular weight excluding hydrogens is 396 g/mol. The van der Waals surface area contributed by atoms with Crippen LogP contribution in [0.4, 0.5) is 0 Å². The van der Waals surface area contributed by atoms with Crippen LogP contribution in [-0.2, 0) is 4.79 Å². The zero-order valence-electron chi connectivity index (χ0n) is 21.7. The topological polar surface area (TPSA) is 17.1 Å². The van der Waals surface area contributed by atoms with Crippen LogP contribution in [0.2, 0.25) is 0 Å². The number of rotatable bonds is 26. The van der Waals surface area contributed by atoms with Crippen LogP contribution in [0.3, 0.4) is 0 Å². The molecule has 0 saturated carbocycles. The molecule has 1 nitrogen and oxygen atoms in total. The number of hydrogen-bond donors (Lipinski definition) is 0. The summed E-state index contributed by atoms with van der Waals surface area (Å²) in [5, 5.41) is 0.440. The monoisotopic (exact) mass is 454 g/mol. The lowest BCUT2D eigenvalue weighted by Crippen LogP contribution is -1.94. The van der Waals surface area contributed by atoms with Crippen molar-refractivity contribution in [1.82, 2.24) is 0 Å². The van der Waals surface area contributed by atoms with E-state index in [1.807, 2.05) is 0 Å². The maximum atomic E-state index is 12.0. The van der Waals surface area contributed by atoms with Crippen LogP contribution in [-0.4, -0.2) is 10.9 Å². The van der Waals surface area contributed by atoms with Gasteiger partial charge >= 0.3 is 0 Å². The standard InChI is InChI=1S/C29H58OS/c1-3-5-7-9-11-13-15-16-17-19-21-23-25-27-29(30)31-28-26-24-22-20-18-14-12-10-8-6-4-2/h3-28H2,1-2H3. The molecule has 0 rings (SSSR count). The van der Waals surface area contributed by atoms with E-state index in [9.17, 15) is 4.79 Å². The summed E-state index contributed by atoms with van der Waals surface area (Å²) in [6.07, 6.45) is 33.8. The van der Waals surface area contributed by atoms with Gasteiger partial charge in [0.1, 0.15) is 0 Å². The molecule has 0 bridgehead atoms. The minimum Gasteiger partial charge on any atom is -0.287 e. The quantitative estimate of drug-likeness (QED) is 0.121. The number of carbonyl (C=O) groups is 1. The minimum absolute atomic E-state index is 0.440. The normalized spacial score (nSPS) is 11.3. The van der Waals surface area contributed by atoms with E-state index in [0.29, 0.717) is 5.12 Å². The Hall–Kier alpha value is 0.0200. The van der Waals surface area contributed by atoms with Gasteiger partial charge in [-0.1, -0.05) is 167 Å². The molecule has 0 aromatic rings. The summed E-state index contributed by atoms with van der Waals surface area (Å²) in [7, 11) is 0. The van der Waals surface area contributed by atoms with E-state index in [2.05, 4.69) is 13.8 Å². The Kier molecular flexibility index (Phi) is 28.1. The van der Waals surface area contributed by atoms with Gasteiger partial charge in [0.05, 0.1) is 0 Å². The Bertz CT molecular complexity index is 342. The number of unbranched alkanes of at least 4 members (excludes halogenated alkanes) is 22. The number of carbonyl (C=O) groups excluding carboxylic acids is 1. The zero-order valence-corrected chi connectivity index (χ0v) is 22.5. The molecule has 0 aliphatic heterocycles. The van der Waals surface area contributed by atoms with Gasteiger partial charge in [-0.2, -0.15) is 0 Å². The van der Waals surface area contributed by atoms with Crippen molar-refractivity contribution in [2.45, 2.75) is 174 Å². The van der Waals surface area contributed by atoms with E-state index in [1.54, 1.807) is 11.8 Å². The average molecular weight is 455 g/mol. The van der Waals surface area contributed by atoms with E-state index >= 15 is 0 Å². The molecule has 2 heteroatoms. The predicted octanol–water partition coefficient (Wildman–Crippen LogP) is 11.0. The second-order valence-electron chi connectivity index (χ2n) is 9.75. The van der Waals surface area contributed by atoms with E-state index < -0.39 is 0 Å². The Balaban J connectivity index is 3.14. The van der Waals surface area contributed by atoms with Crippen molar-refractivity contribution in [2.75, 3.05) is 5.75 Å². The van der Waals surface area contributed by atoms with Crippen LogP contribution in [0, 0.1) is 0 Å². The first kappa shape index (κ1) is 31.0. The zero-order chi connectivity index (χ0) is 22.7. The Morgan fingerprint density at radius 1 is 0.419 bits per heavy atom. The smallest absolute Gasteiger partial charge is 0.188 e. The lowest BCUT2D eigenvalue weighted by Gasteiger charge is -2.04. The molecule has 0 atom stereocenters. The van der Waals surface area contributed by atoms with Crippen molar-refractivity contribution in [2.24, 2.45) is 0 Å². The highest BCUT2D eigenvalue weighted by Crippen LogP contribution is 2.17. The van der Waals surface area contributed by atoms with E-state index in [0.717, 1.165) is 18.6 Å². The van der Waals surface area contributed by atoms with Crippen molar-refractivity contribution in [3.05, 3.63) is 0 Å². The molecule has 0 heterocycles. The molecular formula is C29H58OS. The van der Waals surface area contributed by atoms with Gasteiger partial charge in [-0.15, -0.1) is 0 Å². The molecule has 31 heavy (non-hydrogen) atoms. The minimum atomic E-state index is 0.440. The molecule has 0 saturated heterocycles. The van der Waals surface area contributed by atoms with Gasteiger partial charge in [0.15, 0.2) is 5.12 Å². The molecule has 0 aliphatic rings. The Labute approximate surface area is 201 Å². The largest absolute Gasteiger partial charge is 0.287 e. The Morgan fingerprint density at radius 3 is 1.06 bits per heavy atom. The summed E-state index contributed by atoms with van der Waals surface area (Å²) < 4.78 is 0. The molecule has 186 valence electrons. The Morgan fingerprint density at radius 2 is 0.710 bits per heavy atom. The van der Waals surface area contributed by atoms with Crippen LogP contribution in [0.5, 0.6) is 0 Å². The summed E-state index contributed by atoms with van der Waals surface area (Å²) in [6.45, 7) is 4.57. The third kappa shape index (κ3) is 28.0. The summed E-state index contributed by atoms with van der Waals surface area (Å²) in [4.78, 5) is 12.0. The van der Waals surface area contributed by atoms with Crippen LogP contribution < -0.4 is 0 Å². The first-order chi connectivity index (χ1) is 15.3. The van der Waals surface area contributed by atoms with Crippen LogP contribution in [0.1, 0.15) is 174 Å². The predicted molar refractivity (Wildman–Crippen MR) is 144 cm³/mol. The van der Waals surface area contributed by atoms with Crippen molar-refractivity contribution in [1.29, 1.82) is 0 Å². The van der Waals surface area contributed by atoms with Crippen molar-refractivity contribution in [3.8, 4) is 0 Å². The van der Waals surface area contributed by atoms with Gasteiger partial charge in [0.2, 0.25) is 0 Å². The van der Waals surface area contributed by atoms with Crippen molar-refractivity contribution < 1.29 is 4.79 Å². The highest BCUT2D eigenvalue weighted by Gasteiger charge is 2.02. The van der Waals surface area contributed by atoms with Gasteiger partial charge in [-0.05, 0) is 12.8 Å². The first-order valence-corrected chi connectivity index (χ1v) is 15.5. The first-order valence-electron chi connectivity index (χ1n) is 14.5. The number of hydrogen-bond acceptors (Lipinski definition) is 2. The maximum absolute atomic E-state index is 12.0. The fourth-order valence-electron chi connectivity index (χ4n) is 4.31. The molecule has 0 unspecified atom stereocenters. The highest BCUT2D eigenvalue weighted by molar-refractivity contribution is 8.13. The third-order valence-electron chi connectivity index (χ3n) is 6.50. The second kappa shape index (κ2) is 28.1. The van der Waals surface area contributed by atoms with Gasteiger partial charge in [0.25, 0.3) is 0 Å². The van der Waals surface area contributed by atoms with E-state index in [1.165, 1.54) is 148 Å². The fourth-order valence-corrected chi connectivity index (χ4v) is 5.18. The van der Waals surface area contributed by atoms with Crippen LogP contribution >= 0.6 is 11.8 Å². The molecule has 0 aliphatic carbocycles. The lowest BCUT2D eigenvalue weighted by atomic mass is 10.0. The molecule has 0 radical (unpaired) electrons. The molecule has 0 fully saturated rings. The highest BCUT2D eigenvalue weighted by atomic mass is 32.2. The summed E-state index contributed by atoms with van der Waals surface area (Å²) in [5.74, 6) is 1.05. The lowest BCUT2D eigenvalue weighted by molar-refractivity contribution is -0.111. The summed E-state index contributed by atoms with van der Waals surface area (Å²) in [5.41, 5.74) is 0. The van der Waals surface area contributed by atoms with E-state index in [4.69, 9.17) is 0 Å². The molecule has 0 spiro atoms. The van der Waals surface area contributed by atoms with Gasteiger partial charge in [-0.25, -0.2) is 0 Å². The van der Waals surface area contributed by atoms with Gasteiger partial charge < -0.3 is 0 Å². The van der Waals surface area contributed by atoms with Gasteiger partial charge in [-0.3, -0.25) is 4.79 Å². The van der Waals surface area contributed by atoms with Crippen LogP contribution in [0.15, 0.2) is 0 Å². The van der Waals surface area contributed by atoms with E-state index in [-0.39, 0.29) is 0 Å². The summed E-state index contributed by atoms with van der Waals surface area (Å²) >= 11 is 1.60. The maximum Gasteiger partial charge on any atom is 0.188 e. The fraction of sp³-hybridized carbons (Fsp3) is 0.966. The number of thioether (sulfide) groups is 1. The molecule has 0 aromatic carbocycles.